The van der Waals surface area contributed by atoms with Crippen molar-refractivity contribution in [2.24, 2.45) is 0 Å². The van der Waals surface area contributed by atoms with Crippen molar-refractivity contribution in [3.63, 3.8) is 0 Å². The number of nitrogens with zero attached hydrogens (tertiary/aromatic N) is 3. The third kappa shape index (κ3) is 4.79. The average molecular weight is 410 g/mol. The van der Waals surface area contributed by atoms with Crippen LogP contribution in [0.3, 0.4) is 0 Å². The van der Waals surface area contributed by atoms with Crippen molar-refractivity contribution in [1.82, 2.24) is 14.7 Å². The summed E-state index contributed by atoms with van der Waals surface area (Å²) in [5.41, 5.74) is 2.00. The summed E-state index contributed by atoms with van der Waals surface area (Å²) in [4.78, 5) is 11.0. The second-order valence-electron chi connectivity index (χ2n) is 6.65. The van der Waals surface area contributed by atoms with Gasteiger partial charge in [-0.15, -0.1) is 0 Å². The Morgan fingerprint density at radius 2 is 1.62 bits per heavy atom. The molecule has 4 rings (SSSR count). The summed E-state index contributed by atoms with van der Waals surface area (Å²) < 4.78 is 33.2. The zero-order chi connectivity index (χ0) is 20.1. The standard InChI is InChI=1S/C21H22N4O3S/c26-29(27,19-8-6-18(7-9-19)17-4-2-1-3-5-17)23-16-20-22-11-10-21(24-20)25-12-14-28-15-13-25/h1-11,23H,12-16H2. The van der Waals surface area contributed by atoms with Crippen LogP contribution in [0.25, 0.3) is 11.1 Å². The maximum Gasteiger partial charge on any atom is 0.240 e. The van der Waals surface area contributed by atoms with Gasteiger partial charge in [0.25, 0.3) is 0 Å². The van der Waals surface area contributed by atoms with Gasteiger partial charge in [-0.25, -0.2) is 23.1 Å². The summed E-state index contributed by atoms with van der Waals surface area (Å²) in [7, 11) is -3.66. The third-order valence-corrected chi connectivity index (χ3v) is 6.14. The van der Waals surface area contributed by atoms with Crippen molar-refractivity contribution in [3.8, 4) is 11.1 Å². The number of anilines is 1. The SMILES string of the molecule is O=S(=O)(NCc1nccc(N2CCOCC2)n1)c1ccc(-c2ccccc2)cc1. The smallest absolute Gasteiger partial charge is 0.240 e. The van der Waals surface area contributed by atoms with E-state index in [9.17, 15) is 8.42 Å². The molecule has 0 bridgehead atoms. The zero-order valence-corrected chi connectivity index (χ0v) is 16.7. The molecule has 0 spiro atoms. The number of sulfonamides is 1. The fourth-order valence-electron chi connectivity index (χ4n) is 3.14. The highest BCUT2D eigenvalue weighted by molar-refractivity contribution is 7.89. The van der Waals surface area contributed by atoms with E-state index >= 15 is 0 Å². The minimum Gasteiger partial charge on any atom is -0.378 e. The van der Waals surface area contributed by atoms with E-state index in [2.05, 4.69) is 19.6 Å². The molecule has 1 aromatic heterocycles. The van der Waals surface area contributed by atoms with Crippen LogP contribution in [0.15, 0.2) is 71.8 Å². The number of hydrogen-bond donors (Lipinski definition) is 1. The lowest BCUT2D eigenvalue weighted by Crippen LogP contribution is -2.37. The highest BCUT2D eigenvalue weighted by Gasteiger charge is 2.16. The van der Waals surface area contributed by atoms with Crippen LogP contribution in [-0.2, 0) is 21.3 Å². The van der Waals surface area contributed by atoms with Gasteiger partial charge in [0, 0.05) is 19.3 Å². The van der Waals surface area contributed by atoms with Gasteiger partial charge in [0.15, 0.2) is 0 Å². The quantitative estimate of drug-likeness (QED) is 0.672. The minimum atomic E-state index is -3.66. The number of morpholine rings is 1. The second kappa shape index (κ2) is 8.69. The number of hydrogen-bond acceptors (Lipinski definition) is 6. The van der Waals surface area contributed by atoms with Gasteiger partial charge in [-0.2, -0.15) is 0 Å². The molecule has 7 nitrogen and oxygen atoms in total. The molecule has 2 heterocycles. The molecule has 1 fully saturated rings. The Kier molecular flexibility index (Phi) is 5.84. The molecule has 0 saturated carbocycles. The maximum atomic E-state index is 12.6. The molecule has 0 aliphatic carbocycles. The molecule has 3 aromatic rings. The molecular weight excluding hydrogens is 388 g/mol. The van der Waals surface area contributed by atoms with Crippen LogP contribution in [0.4, 0.5) is 5.82 Å². The van der Waals surface area contributed by atoms with Crippen LogP contribution in [0.1, 0.15) is 5.82 Å². The molecule has 0 unspecified atom stereocenters. The summed E-state index contributed by atoms with van der Waals surface area (Å²) in [5.74, 6) is 1.21. The van der Waals surface area contributed by atoms with E-state index in [0.717, 1.165) is 30.0 Å². The number of benzene rings is 2. The first-order valence-electron chi connectivity index (χ1n) is 9.42. The third-order valence-electron chi connectivity index (χ3n) is 4.72. The maximum absolute atomic E-state index is 12.6. The average Bonchev–Trinajstić information content (AvgIpc) is 2.79. The summed E-state index contributed by atoms with van der Waals surface area (Å²) in [6.45, 7) is 2.86. The summed E-state index contributed by atoms with van der Waals surface area (Å²) in [6.07, 6.45) is 1.65. The van der Waals surface area contributed by atoms with Gasteiger partial charge in [0.05, 0.1) is 24.7 Å². The van der Waals surface area contributed by atoms with Crippen LogP contribution in [0.5, 0.6) is 0 Å². The van der Waals surface area contributed by atoms with Crippen LogP contribution in [-0.4, -0.2) is 44.7 Å². The van der Waals surface area contributed by atoms with E-state index < -0.39 is 10.0 Å². The van der Waals surface area contributed by atoms with Gasteiger partial charge < -0.3 is 9.64 Å². The first-order chi connectivity index (χ1) is 14.1. The summed E-state index contributed by atoms with van der Waals surface area (Å²) in [5, 5.41) is 0. The molecule has 0 amide bonds. The lowest BCUT2D eigenvalue weighted by Gasteiger charge is -2.27. The largest absolute Gasteiger partial charge is 0.378 e. The molecule has 2 aromatic carbocycles. The Bertz CT molecular complexity index is 1050. The summed E-state index contributed by atoms with van der Waals surface area (Å²) >= 11 is 0. The molecular formula is C21H22N4O3S. The van der Waals surface area contributed by atoms with E-state index in [1.54, 1.807) is 30.5 Å². The molecule has 150 valence electrons. The van der Waals surface area contributed by atoms with Gasteiger partial charge >= 0.3 is 0 Å². The van der Waals surface area contributed by atoms with Gasteiger partial charge in [-0.1, -0.05) is 42.5 Å². The lowest BCUT2D eigenvalue weighted by molar-refractivity contribution is 0.122. The fourth-order valence-corrected chi connectivity index (χ4v) is 4.12. The Balaban J connectivity index is 1.44. The predicted molar refractivity (Wildman–Crippen MR) is 111 cm³/mol. The summed E-state index contributed by atoms with van der Waals surface area (Å²) in [6, 6.07) is 18.5. The number of rotatable bonds is 6. The van der Waals surface area contributed by atoms with Crippen LogP contribution in [0, 0.1) is 0 Å². The molecule has 1 N–H and O–H groups in total. The fraction of sp³-hybridized carbons (Fsp3) is 0.238. The predicted octanol–water partition coefficient (Wildman–Crippen LogP) is 2.46. The molecule has 1 aliphatic heterocycles. The van der Waals surface area contributed by atoms with Crippen LogP contribution < -0.4 is 9.62 Å². The molecule has 8 heteroatoms. The van der Waals surface area contributed by atoms with Crippen molar-refractivity contribution >= 4 is 15.8 Å². The minimum absolute atomic E-state index is 0.0287. The topological polar surface area (TPSA) is 84.4 Å². The van der Waals surface area contributed by atoms with Crippen molar-refractivity contribution in [2.45, 2.75) is 11.4 Å². The van der Waals surface area contributed by atoms with Crippen LogP contribution >= 0.6 is 0 Å². The Morgan fingerprint density at radius 3 is 2.34 bits per heavy atom. The van der Waals surface area contributed by atoms with Gasteiger partial charge in [0.1, 0.15) is 11.6 Å². The lowest BCUT2D eigenvalue weighted by atomic mass is 10.1. The van der Waals surface area contributed by atoms with E-state index in [4.69, 9.17) is 4.74 Å². The van der Waals surface area contributed by atoms with E-state index in [1.807, 2.05) is 36.4 Å². The monoisotopic (exact) mass is 410 g/mol. The van der Waals surface area contributed by atoms with Crippen molar-refractivity contribution in [1.29, 1.82) is 0 Å². The van der Waals surface area contributed by atoms with Crippen molar-refractivity contribution < 1.29 is 13.2 Å². The van der Waals surface area contributed by atoms with Crippen LogP contribution in [0.2, 0.25) is 0 Å². The Morgan fingerprint density at radius 1 is 0.931 bits per heavy atom. The van der Waals surface area contributed by atoms with Crippen molar-refractivity contribution in [2.75, 3.05) is 31.2 Å². The normalized spacial score (nSPS) is 14.7. The van der Waals surface area contributed by atoms with E-state index in [0.29, 0.717) is 19.0 Å². The van der Waals surface area contributed by atoms with E-state index in [1.165, 1.54) is 0 Å². The molecule has 1 aliphatic rings. The zero-order valence-electron chi connectivity index (χ0n) is 15.9. The molecule has 1 saturated heterocycles. The number of nitrogens with one attached hydrogen (secondary N) is 1. The highest BCUT2D eigenvalue weighted by Crippen LogP contribution is 2.21. The second-order valence-corrected chi connectivity index (χ2v) is 8.41. The Hall–Kier alpha value is -2.81. The van der Waals surface area contributed by atoms with Crippen molar-refractivity contribution in [3.05, 3.63) is 72.7 Å². The van der Waals surface area contributed by atoms with Gasteiger partial charge in [-0.3, -0.25) is 0 Å². The highest BCUT2D eigenvalue weighted by atomic mass is 32.2. The first-order valence-corrected chi connectivity index (χ1v) is 10.9. The van der Waals surface area contributed by atoms with Gasteiger partial charge in [-0.05, 0) is 29.3 Å². The molecule has 0 radical (unpaired) electrons. The number of ether oxygens (including phenoxy) is 1. The molecule has 29 heavy (non-hydrogen) atoms. The van der Waals surface area contributed by atoms with E-state index in [-0.39, 0.29) is 11.4 Å². The Labute approximate surface area is 170 Å². The number of aromatic nitrogens is 2. The molecule has 0 atom stereocenters. The van der Waals surface area contributed by atoms with Gasteiger partial charge in [0.2, 0.25) is 10.0 Å². The first kappa shape index (κ1) is 19.5.